The zero-order valence-corrected chi connectivity index (χ0v) is 10.9. The standard InChI is InChI=1S/C16H16O3/c1-17-14-7-4-12(5-8-14)2-3-13-6-9-15-16(10-13)19-11-18-15/h4-10H,2-3,11H2,1H3. The second-order valence-electron chi connectivity index (χ2n) is 4.54. The Hall–Kier alpha value is -2.16. The van der Waals surface area contributed by atoms with E-state index in [4.69, 9.17) is 14.2 Å². The van der Waals surface area contributed by atoms with Gasteiger partial charge in [-0.3, -0.25) is 0 Å². The van der Waals surface area contributed by atoms with Crippen LogP contribution in [0.15, 0.2) is 42.5 Å². The molecule has 1 aliphatic rings. The first-order chi connectivity index (χ1) is 9.35. The van der Waals surface area contributed by atoms with Crippen LogP contribution in [0, 0.1) is 0 Å². The number of methoxy groups -OCH3 is 1. The summed E-state index contributed by atoms with van der Waals surface area (Å²) in [5.41, 5.74) is 2.57. The predicted molar refractivity (Wildman–Crippen MR) is 73.0 cm³/mol. The Morgan fingerprint density at radius 3 is 2.37 bits per heavy atom. The van der Waals surface area contributed by atoms with E-state index in [-0.39, 0.29) is 0 Å². The predicted octanol–water partition coefficient (Wildman–Crippen LogP) is 3.21. The van der Waals surface area contributed by atoms with E-state index in [1.807, 2.05) is 18.2 Å². The number of hydrogen-bond acceptors (Lipinski definition) is 3. The van der Waals surface area contributed by atoms with Crippen LogP contribution < -0.4 is 14.2 Å². The third kappa shape index (κ3) is 2.65. The van der Waals surface area contributed by atoms with Crippen molar-refractivity contribution in [3.63, 3.8) is 0 Å². The lowest BCUT2D eigenvalue weighted by atomic mass is 10.0. The SMILES string of the molecule is COc1ccc(CCc2ccc3c(c2)OCO3)cc1. The van der Waals surface area contributed by atoms with Crippen LogP contribution in [-0.4, -0.2) is 13.9 Å². The highest BCUT2D eigenvalue weighted by atomic mass is 16.7. The summed E-state index contributed by atoms with van der Waals surface area (Å²) < 4.78 is 15.8. The monoisotopic (exact) mass is 256 g/mol. The zero-order valence-electron chi connectivity index (χ0n) is 10.9. The first kappa shape index (κ1) is 11.9. The molecular weight excluding hydrogens is 240 g/mol. The maximum absolute atomic E-state index is 5.38. The molecule has 3 rings (SSSR count). The molecule has 0 saturated heterocycles. The maximum Gasteiger partial charge on any atom is 0.231 e. The minimum atomic E-state index is 0.331. The Balaban J connectivity index is 1.65. The van der Waals surface area contributed by atoms with Crippen LogP contribution in [0.4, 0.5) is 0 Å². The van der Waals surface area contributed by atoms with Crippen LogP contribution in [0.5, 0.6) is 17.2 Å². The van der Waals surface area contributed by atoms with Gasteiger partial charge in [-0.2, -0.15) is 0 Å². The Labute approximate surface area is 112 Å². The van der Waals surface area contributed by atoms with Gasteiger partial charge in [0.15, 0.2) is 11.5 Å². The minimum absolute atomic E-state index is 0.331. The molecule has 0 aliphatic carbocycles. The van der Waals surface area contributed by atoms with Crippen LogP contribution in [0.3, 0.4) is 0 Å². The van der Waals surface area contributed by atoms with Crippen molar-refractivity contribution >= 4 is 0 Å². The first-order valence-electron chi connectivity index (χ1n) is 6.36. The van der Waals surface area contributed by atoms with Gasteiger partial charge in [-0.15, -0.1) is 0 Å². The Kier molecular flexibility index (Phi) is 3.27. The summed E-state index contributed by atoms with van der Waals surface area (Å²) in [4.78, 5) is 0. The lowest BCUT2D eigenvalue weighted by Gasteiger charge is -2.05. The van der Waals surface area contributed by atoms with Crippen molar-refractivity contribution in [3.05, 3.63) is 53.6 Å². The average Bonchev–Trinajstić information content (AvgIpc) is 2.93. The summed E-state index contributed by atoms with van der Waals surface area (Å²) in [6, 6.07) is 14.3. The largest absolute Gasteiger partial charge is 0.497 e. The third-order valence-electron chi connectivity index (χ3n) is 3.30. The van der Waals surface area contributed by atoms with Crippen molar-refractivity contribution in [2.24, 2.45) is 0 Å². The molecule has 0 spiro atoms. The first-order valence-corrected chi connectivity index (χ1v) is 6.36. The second-order valence-corrected chi connectivity index (χ2v) is 4.54. The van der Waals surface area contributed by atoms with E-state index in [0.717, 1.165) is 30.1 Å². The van der Waals surface area contributed by atoms with Crippen LogP contribution in [0.1, 0.15) is 11.1 Å². The van der Waals surface area contributed by atoms with Crippen molar-refractivity contribution in [1.29, 1.82) is 0 Å². The van der Waals surface area contributed by atoms with Gasteiger partial charge in [-0.05, 0) is 48.2 Å². The van der Waals surface area contributed by atoms with Gasteiger partial charge in [0.1, 0.15) is 5.75 Å². The molecule has 0 N–H and O–H groups in total. The lowest BCUT2D eigenvalue weighted by Crippen LogP contribution is -1.93. The zero-order chi connectivity index (χ0) is 13.1. The molecule has 1 aliphatic heterocycles. The van der Waals surface area contributed by atoms with E-state index >= 15 is 0 Å². The lowest BCUT2D eigenvalue weighted by molar-refractivity contribution is 0.174. The van der Waals surface area contributed by atoms with Crippen LogP contribution in [0.2, 0.25) is 0 Å². The van der Waals surface area contributed by atoms with E-state index in [0.29, 0.717) is 6.79 Å². The Morgan fingerprint density at radius 1 is 0.895 bits per heavy atom. The number of aryl methyl sites for hydroxylation is 2. The second kappa shape index (κ2) is 5.22. The fourth-order valence-corrected chi connectivity index (χ4v) is 2.18. The Bertz CT molecular complexity index is 561. The van der Waals surface area contributed by atoms with Gasteiger partial charge < -0.3 is 14.2 Å². The van der Waals surface area contributed by atoms with Crippen molar-refractivity contribution in [1.82, 2.24) is 0 Å². The van der Waals surface area contributed by atoms with Crippen LogP contribution in [-0.2, 0) is 12.8 Å². The summed E-state index contributed by atoms with van der Waals surface area (Å²) in [7, 11) is 1.68. The van der Waals surface area contributed by atoms with Gasteiger partial charge in [-0.25, -0.2) is 0 Å². The minimum Gasteiger partial charge on any atom is -0.497 e. The molecule has 0 radical (unpaired) electrons. The molecule has 0 amide bonds. The van der Waals surface area contributed by atoms with E-state index in [1.165, 1.54) is 11.1 Å². The molecule has 19 heavy (non-hydrogen) atoms. The summed E-state index contributed by atoms with van der Waals surface area (Å²) in [6.45, 7) is 0.331. The highest BCUT2D eigenvalue weighted by Gasteiger charge is 2.12. The molecule has 98 valence electrons. The molecule has 0 atom stereocenters. The van der Waals surface area contributed by atoms with Crippen LogP contribution in [0.25, 0.3) is 0 Å². The normalized spacial score (nSPS) is 12.5. The highest BCUT2D eigenvalue weighted by Crippen LogP contribution is 2.32. The molecular formula is C16H16O3. The van der Waals surface area contributed by atoms with Gasteiger partial charge in [-0.1, -0.05) is 18.2 Å². The van der Waals surface area contributed by atoms with Crippen molar-refractivity contribution in [2.75, 3.05) is 13.9 Å². The van der Waals surface area contributed by atoms with E-state index in [9.17, 15) is 0 Å². The van der Waals surface area contributed by atoms with E-state index < -0.39 is 0 Å². The average molecular weight is 256 g/mol. The van der Waals surface area contributed by atoms with Gasteiger partial charge in [0, 0.05) is 0 Å². The summed E-state index contributed by atoms with van der Waals surface area (Å²) >= 11 is 0. The molecule has 2 aromatic rings. The molecule has 3 heteroatoms. The Morgan fingerprint density at radius 2 is 1.58 bits per heavy atom. The quantitative estimate of drug-likeness (QED) is 0.840. The summed E-state index contributed by atoms with van der Waals surface area (Å²) in [5.74, 6) is 2.59. The van der Waals surface area contributed by atoms with Crippen LogP contribution >= 0.6 is 0 Å². The molecule has 0 aromatic heterocycles. The molecule has 1 heterocycles. The number of ether oxygens (including phenoxy) is 3. The van der Waals surface area contributed by atoms with Gasteiger partial charge in [0.05, 0.1) is 7.11 Å². The smallest absolute Gasteiger partial charge is 0.231 e. The fraction of sp³-hybridized carbons (Fsp3) is 0.250. The van der Waals surface area contributed by atoms with Gasteiger partial charge >= 0.3 is 0 Å². The molecule has 0 bridgehead atoms. The van der Waals surface area contributed by atoms with Crippen molar-refractivity contribution in [2.45, 2.75) is 12.8 Å². The highest BCUT2D eigenvalue weighted by molar-refractivity contribution is 5.44. The van der Waals surface area contributed by atoms with Gasteiger partial charge in [0.25, 0.3) is 0 Å². The number of rotatable bonds is 4. The number of hydrogen-bond donors (Lipinski definition) is 0. The molecule has 3 nitrogen and oxygen atoms in total. The summed E-state index contributed by atoms with van der Waals surface area (Å²) in [5, 5.41) is 0. The van der Waals surface area contributed by atoms with E-state index in [1.54, 1.807) is 7.11 Å². The molecule has 0 unspecified atom stereocenters. The van der Waals surface area contributed by atoms with Gasteiger partial charge in [0.2, 0.25) is 6.79 Å². The third-order valence-corrected chi connectivity index (χ3v) is 3.30. The summed E-state index contributed by atoms with van der Waals surface area (Å²) in [6.07, 6.45) is 1.99. The maximum atomic E-state index is 5.38. The van der Waals surface area contributed by atoms with Crippen molar-refractivity contribution < 1.29 is 14.2 Å². The van der Waals surface area contributed by atoms with Crippen molar-refractivity contribution in [3.8, 4) is 17.2 Å². The number of benzene rings is 2. The molecule has 0 saturated carbocycles. The fourth-order valence-electron chi connectivity index (χ4n) is 2.18. The molecule has 0 fully saturated rings. The topological polar surface area (TPSA) is 27.7 Å². The number of fused-ring (bicyclic) bond motifs is 1. The molecule has 2 aromatic carbocycles. The van der Waals surface area contributed by atoms with E-state index in [2.05, 4.69) is 24.3 Å².